The molecule has 0 atom stereocenters. The lowest BCUT2D eigenvalue weighted by Crippen LogP contribution is -2.33. The van der Waals surface area contributed by atoms with Gasteiger partial charge in [0.2, 0.25) is 5.91 Å². The maximum atomic E-state index is 12.4. The minimum Gasteiger partial charge on any atom is -0.361 e. The number of H-pyrrole nitrogens is 2. The van der Waals surface area contributed by atoms with Gasteiger partial charge in [0.25, 0.3) is 11.1 Å². The molecule has 0 fully saturated rings. The smallest absolute Gasteiger partial charge is 0.273 e. The lowest BCUT2D eigenvalue weighted by Gasteiger charge is -2.08. The summed E-state index contributed by atoms with van der Waals surface area (Å²) in [6.07, 6.45) is 2.78. The zero-order valence-electron chi connectivity index (χ0n) is 15.2. The molecule has 0 aliphatic carbocycles. The van der Waals surface area contributed by atoms with E-state index in [9.17, 15) is 14.4 Å². The molecule has 7 heteroatoms. The Labute approximate surface area is 160 Å². The van der Waals surface area contributed by atoms with Crippen LogP contribution in [0.15, 0.2) is 64.3 Å². The number of carbonyl (C=O) groups is 1. The van der Waals surface area contributed by atoms with Gasteiger partial charge in [0.15, 0.2) is 0 Å². The van der Waals surface area contributed by atoms with E-state index in [0.717, 1.165) is 16.5 Å². The zero-order chi connectivity index (χ0) is 19.5. The van der Waals surface area contributed by atoms with E-state index in [2.05, 4.69) is 15.4 Å². The Morgan fingerprint density at radius 3 is 2.50 bits per heavy atom. The maximum absolute atomic E-state index is 12.4. The zero-order valence-corrected chi connectivity index (χ0v) is 15.2. The summed E-state index contributed by atoms with van der Waals surface area (Å²) in [6, 6.07) is 14.7. The van der Waals surface area contributed by atoms with Gasteiger partial charge < -0.3 is 10.3 Å². The third-order valence-electron chi connectivity index (χ3n) is 4.84. The van der Waals surface area contributed by atoms with Gasteiger partial charge in [-0.05, 0) is 30.2 Å². The quantitative estimate of drug-likeness (QED) is 0.479. The van der Waals surface area contributed by atoms with Gasteiger partial charge in [-0.25, -0.2) is 4.68 Å². The molecule has 0 aliphatic rings. The summed E-state index contributed by atoms with van der Waals surface area (Å²) >= 11 is 0. The van der Waals surface area contributed by atoms with Crippen LogP contribution in [0.3, 0.4) is 0 Å². The molecule has 0 unspecified atom stereocenters. The predicted octanol–water partition coefficient (Wildman–Crippen LogP) is 1.92. The van der Waals surface area contributed by atoms with Crippen LogP contribution >= 0.6 is 0 Å². The molecule has 0 spiro atoms. The van der Waals surface area contributed by atoms with E-state index in [4.69, 9.17) is 0 Å². The fraction of sp³-hybridized carbons (Fsp3) is 0.190. The lowest BCUT2D eigenvalue weighted by atomic mass is 10.1. The first-order valence-corrected chi connectivity index (χ1v) is 9.17. The fourth-order valence-corrected chi connectivity index (χ4v) is 3.38. The number of para-hydroxylation sites is 1. The van der Waals surface area contributed by atoms with Gasteiger partial charge in [0.05, 0.1) is 17.3 Å². The third kappa shape index (κ3) is 3.46. The maximum Gasteiger partial charge on any atom is 0.273 e. The van der Waals surface area contributed by atoms with Crippen LogP contribution in [0.5, 0.6) is 0 Å². The molecule has 0 saturated carbocycles. The first kappa shape index (κ1) is 17.8. The van der Waals surface area contributed by atoms with Crippen molar-refractivity contribution < 1.29 is 4.79 Å². The Hall–Kier alpha value is -3.61. The van der Waals surface area contributed by atoms with Crippen LogP contribution in [0.4, 0.5) is 0 Å². The number of amides is 1. The largest absolute Gasteiger partial charge is 0.361 e. The number of benzene rings is 2. The highest BCUT2D eigenvalue weighted by Crippen LogP contribution is 2.17. The van der Waals surface area contributed by atoms with Gasteiger partial charge in [0, 0.05) is 30.1 Å². The molecule has 28 heavy (non-hydrogen) atoms. The summed E-state index contributed by atoms with van der Waals surface area (Å²) < 4.78 is 1.20. The van der Waals surface area contributed by atoms with Gasteiger partial charge in [-0.1, -0.05) is 30.3 Å². The molecule has 0 saturated heterocycles. The average molecular weight is 376 g/mol. The molecule has 2 heterocycles. The van der Waals surface area contributed by atoms with Crippen molar-refractivity contribution in [1.29, 1.82) is 0 Å². The summed E-state index contributed by atoms with van der Waals surface area (Å²) in [5.41, 5.74) is 1.58. The van der Waals surface area contributed by atoms with E-state index in [1.54, 1.807) is 24.3 Å². The van der Waals surface area contributed by atoms with E-state index in [0.29, 0.717) is 23.7 Å². The normalized spacial score (nSPS) is 11.1. The standard InChI is InChI=1S/C21H20N4O3/c26-19(22-11-9-14-13-23-18-8-4-3-5-15(14)18)10-12-25-21(28)17-7-2-1-6-16(17)20(27)24-25/h1-8,13,23H,9-12H2,(H,22,26)(H,24,27). The van der Waals surface area contributed by atoms with Crippen LogP contribution in [-0.4, -0.2) is 27.2 Å². The van der Waals surface area contributed by atoms with Crippen LogP contribution in [0.1, 0.15) is 12.0 Å². The number of hydrogen-bond acceptors (Lipinski definition) is 3. The van der Waals surface area contributed by atoms with Gasteiger partial charge in [-0.15, -0.1) is 0 Å². The molecule has 7 nitrogen and oxygen atoms in total. The molecule has 0 bridgehead atoms. The van der Waals surface area contributed by atoms with Gasteiger partial charge >= 0.3 is 0 Å². The molecule has 142 valence electrons. The Morgan fingerprint density at radius 2 is 1.68 bits per heavy atom. The number of aryl methyl sites for hydroxylation is 1. The first-order valence-electron chi connectivity index (χ1n) is 9.17. The number of rotatable bonds is 6. The van der Waals surface area contributed by atoms with Crippen molar-refractivity contribution in [2.24, 2.45) is 0 Å². The van der Waals surface area contributed by atoms with Crippen LogP contribution in [0.2, 0.25) is 0 Å². The number of hydrogen-bond donors (Lipinski definition) is 3. The van der Waals surface area contributed by atoms with E-state index < -0.39 is 0 Å². The van der Waals surface area contributed by atoms with Crippen molar-refractivity contribution in [3.63, 3.8) is 0 Å². The summed E-state index contributed by atoms with van der Waals surface area (Å²) in [5, 5.41) is 7.26. The summed E-state index contributed by atoms with van der Waals surface area (Å²) in [7, 11) is 0. The highest BCUT2D eigenvalue weighted by molar-refractivity contribution is 5.83. The molecule has 4 rings (SSSR count). The highest BCUT2D eigenvalue weighted by atomic mass is 16.2. The number of aromatic amines is 2. The van der Waals surface area contributed by atoms with Crippen molar-refractivity contribution in [1.82, 2.24) is 20.1 Å². The Balaban J connectivity index is 1.36. The topological polar surface area (TPSA) is 99.8 Å². The SMILES string of the molecule is O=C(CCn1[nH]c(=O)c2ccccc2c1=O)NCCc1c[nH]c2ccccc12. The molecular weight excluding hydrogens is 356 g/mol. The van der Waals surface area contributed by atoms with Crippen molar-refractivity contribution in [3.8, 4) is 0 Å². The summed E-state index contributed by atoms with van der Waals surface area (Å²) in [6.45, 7) is 0.627. The Bertz CT molecular complexity index is 1270. The molecule has 2 aromatic heterocycles. The van der Waals surface area contributed by atoms with Gasteiger partial charge in [-0.2, -0.15) is 0 Å². The van der Waals surface area contributed by atoms with E-state index in [-0.39, 0.29) is 30.0 Å². The number of fused-ring (bicyclic) bond motifs is 2. The Kier molecular flexibility index (Phi) is 4.80. The van der Waals surface area contributed by atoms with Crippen molar-refractivity contribution in [2.45, 2.75) is 19.4 Å². The number of nitrogens with zero attached hydrogens (tertiary/aromatic N) is 1. The van der Waals surface area contributed by atoms with E-state index >= 15 is 0 Å². The lowest BCUT2D eigenvalue weighted by molar-refractivity contribution is -0.121. The number of carbonyl (C=O) groups excluding carboxylic acids is 1. The van der Waals surface area contributed by atoms with E-state index in [1.165, 1.54) is 4.68 Å². The van der Waals surface area contributed by atoms with Crippen molar-refractivity contribution in [3.05, 3.63) is 81.0 Å². The minimum atomic E-state index is -0.338. The number of aromatic nitrogens is 3. The Morgan fingerprint density at radius 1 is 0.964 bits per heavy atom. The minimum absolute atomic E-state index is 0.113. The van der Waals surface area contributed by atoms with Gasteiger partial charge in [0.1, 0.15) is 0 Å². The van der Waals surface area contributed by atoms with Crippen LogP contribution in [0, 0.1) is 0 Å². The van der Waals surface area contributed by atoms with Crippen molar-refractivity contribution in [2.75, 3.05) is 6.54 Å². The summed E-state index contributed by atoms with van der Waals surface area (Å²) in [5.74, 6) is -0.166. The molecular formula is C21H20N4O3. The second-order valence-electron chi connectivity index (χ2n) is 6.65. The molecule has 2 aromatic carbocycles. The monoisotopic (exact) mass is 376 g/mol. The van der Waals surface area contributed by atoms with Crippen LogP contribution in [-0.2, 0) is 17.8 Å². The molecule has 3 N–H and O–H groups in total. The van der Waals surface area contributed by atoms with Crippen molar-refractivity contribution >= 4 is 27.6 Å². The first-order chi connectivity index (χ1) is 13.6. The molecule has 1 amide bonds. The van der Waals surface area contributed by atoms with Crippen LogP contribution in [0.25, 0.3) is 21.7 Å². The molecule has 0 radical (unpaired) electrons. The second kappa shape index (κ2) is 7.56. The fourth-order valence-electron chi connectivity index (χ4n) is 3.38. The second-order valence-corrected chi connectivity index (χ2v) is 6.65. The predicted molar refractivity (Wildman–Crippen MR) is 108 cm³/mol. The average Bonchev–Trinajstić information content (AvgIpc) is 3.13. The highest BCUT2D eigenvalue weighted by Gasteiger charge is 2.09. The van der Waals surface area contributed by atoms with E-state index in [1.807, 2.05) is 30.5 Å². The van der Waals surface area contributed by atoms with Gasteiger partial charge in [-0.3, -0.25) is 19.5 Å². The number of nitrogens with one attached hydrogen (secondary N) is 3. The summed E-state index contributed by atoms with van der Waals surface area (Å²) in [4.78, 5) is 39.9. The third-order valence-corrected chi connectivity index (χ3v) is 4.84. The molecule has 4 aromatic rings. The van der Waals surface area contributed by atoms with Crippen LogP contribution < -0.4 is 16.4 Å². The molecule has 0 aliphatic heterocycles.